The number of nitrogens with one attached hydrogen (secondary N) is 1. The summed E-state index contributed by atoms with van der Waals surface area (Å²) in [7, 11) is 0. The van der Waals surface area contributed by atoms with Gasteiger partial charge in [0.15, 0.2) is 0 Å². The fourth-order valence-electron chi connectivity index (χ4n) is 1.96. The third-order valence-corrected chi connectivity index (χ3v) is 3.86. The summed E-state index contributed by atoms with van der Waals surface area (Å²) >= 11 is 1.80. The van der Waals surface area contributed by atoms with Crippen LogP contribution < -0.4 is 5.32 Å². The van der Waals surface area contributed by atoms with E-state index in [4.69, 9.17) is 0 Å². The van der Waals surface area contributed by atoms with Crippen LogP contribution in [0, 0.1) is 19.8 Å². The maximum absolute atomic E-state index is 4.55. The molecule has 0 spiro atoms. The van der Waals surface area contributed by atoms with Gasteiger partial charge in [0.25, 0.3) is 0 Å². The second kappa shape index (κ2) is 5.57. The van der Waals surface area contributed by atoms with E-state index in [0.29, 0.717) is 5.92 Å². The topological polar surface area (TPSA) is 29.9 Å². The first-order valence-electron chi connectivity index (χ1n) is 6.37. The lowest BCUT2D eigenvalue weighted by Crippen LogP contribution is -2.10. The van der Waals surface area contributed by atoms with Crippen LogP contribution in [0.4, 0.5) is 5.95 Å². The van der Waals surface area contributed by atoms with Gasteiger partial charge in [0.1, 0.15) is 0 Å². The van der Waals surface area contributed by atoms with Gasteiger partial charge in [-0.1, -0.05) is 13.8 Å². The van der Waals surface area contributed by atoms with Crippen LogP contribution in [0.25, 0.3) is 0 Å². The van der Waals surface area contributed by atoms with Crippen LogP contribution in [0.3, 0.4) is 0 Å². The zero-order valence-electron chi connectivity index (χ0n) is 11.5. The highest BCUT2D eigenvalue weighted by molar-refractivity contribution is 7.10. The van der Waals surface area contributed by atoms with Crippen LogP contribution in [0.2, 0.25) is 0 Å². The van der Waals surface area contributed by atoms with Crippen molar-refractivity contribution in [3.05, 3.63) is 33.8 Å². The molecule has 0 aliphatic rings. The largest absolute Gasteiger partial charge is 0.351 e. The molecule has 0 aliphatic heterocycles. The molecule has 0 amide bonds. The maximum Gasteiger partial charge on any atom is 0.203 e. The summed E-state index contributed by atoms with van der Waals surface area (Å²) in [5.41, 5.74) is 2.42. The van der Waals surface area contributed by atoms with Crippen molar-refractivity contribution in [2.75, 3.05) is 5.32 Å². The smallest absolute Gasteiger partial charge is 0.203 e. The number of thiophene rings is 1. The van der Waals surface area contributed by atoms with Crippen molar-refractivity contribution in [3.8, 4) is 0 Å². The molecule has 1 N–H and O–H groups in total. The van der Waals surface area contributed by atoms with E-state index >= 15 is 0 Å². The van der Waals surface area contributed by atoms with Crippen LogP contribution in [0.15, 0.2) is 17.6 Å². The molecule has 2 heterocycles. The molecule has 4 heteroatoms. The summed E-state index contributed by atoms with van der Waals surface area (Å²) < 4.78 is 2.21. The molecule has 2 rings (SSSR count). The molecule has 0 atom stereocenters. The summed E-state index contributed by atoms with van der Waals surface area (Å²) in [6.07, 6.45) is 2.11. The number of aromatic nitrogens is 2. The highest BCUT2D eigenvalue weighted by Crippen LogP contribution is 2.18. The van der Waals surface area contributed by atoms with Gasteiger partial charge in [0, 0.05) is 17.6 Å². The van der Waals surface area contributed by atoms with E-state index in [1.165, 1.54) is 10.4 Å². The second-order valence-corrected chi connectivity index (χ2v) is 6.13. The SMILES string of the molecule is Cc1cn(CC(C)C)c(NCc2sccc2C)n1. The fourth-order valence-corrected chi connectivity index (χ4v) is 2.81. The van der Waals surface area contributed by atoms with Gasteiger partial charge >= 0.3 is 0 Å². The number of imidazole rings is 1. The number of hydrogen-bond acceptors (Lipinski definition) is 3. The van der Waals surface area contributed by atoms with E-state index in [-0.39, 0.29) is 0 Å². The van der Waals surface area contributed by atoms with Gasteiger partial charge in [0.05, 0.1) is 12.2 Å². The Kier molecular flexibility index (Phi) is 4.07. The molecular formula is C14H21N3S. The zero-order valence-corrected chi connectivity index (χ0v) is 12.3. The molecule has 0 saturated carbocycles. The van der Waals surface area contributed by atoms with Gasteiger partial charge in [0.2, 0.25) is 5.95 Å². The highest BCUT2D eigenvalue weighted by atomic mass is 32.1. The Morgan fingerprint density at radius 1 is 1.39 bits per heavy atom. The lowest BCUT2D eigenvalue weighted by atomic mass is 10.2. The Bertz CT molecular complexity index is 511. The first kappa shape index (κ1) is 13.1. The predicted octanol–water partition coefficient (Wildman–Crippen LogP) is 3.83. The molecule has 0 saturated heterocycles. The van der Waals surface area contributed by atoms with Gasteiger partial charge in [-0.2, -0.15) is 0 Å². The second-order valence-electron chi connectivity index (χ2n) is 5.13. The van der Waals surface area contributed by atoms with Crippen LogP contribution in [-0.2, 0) is 13.1 Å². The first-order valence-corrected chi connectivity index (χ1v) is 7.25. The van der Waals surface area contributed by atoms with Gasteiger partial charge in [-0.05, 0) is 36.8 Å². The molecular weight excluding hydrogens is 242 g/mol. The van der Waals surface area contributed by atoms with Crippen molar-refractivity contribution in [2.24, 2.45) is 5.92 Å². The molecule has 0 bridgehead atoms. The Morgan fingerprint density at radius 3 is 2.78 bits per heavy atom. The van der Waals surface area contributed by atoms with Gasteiger partial charge in [-0.3, -0.25) is 0 Å². The Balaban J connectivity index is 2.07. The van der Waals surface area contributed by atoms with Crippen molar-refractivity contribution in [1.29, 1.82) is 0 Å². The average molecular weight is 263 g/mol. The van der Waals surface area contributed by atoms with Crippen molar-refractivity contribution < 1.29 is 0 Å². The minimum atomic E-state index is 0.627. The molecule has 18 heavy (non-hydrogen) atoms. The Labute approximate surface area is 113 Å². The standard InChI is InChI=1S/C14H21N3S/c1-10(2)8-17-9-12(4)16-14(17)15-7-13-11(3)5-6-18-13/h5-6,9-10H,7-8H2,1-4H3,(H,15,16). The van der Waals surface area contributed by atoms with Gasteiger partial charge < -0.3 is 9.88 Å². The highest BCUT2D eigenvalue weighted by Gasteiger charge is 2.07. The van der Waals surface area contributed by atoms with E-state index in [1.807, 2.05) is 6.92 Å². The number of anilines is 1. The molecule has 3 nitrogen and oxygen atoms in total. The summed E-state index contributed by atoms with van der Waals surface area (Å²) in [4.78, 5) is 5.93. The molecule has 98 valence electrons. The van der Waals surface area contributed by atoms with E-state index in [9.17, 15) is 0 Å². The number of nitrogens with zero attached hydrogens (tertiary/aromatic N) is 2. The molecule has 2 aromatic heterocycles. The fraction of sp³-hybridized carbons (Fsp3) is 0.500. The lowest BCUT2D eigenvalue weighted by molar-refractivity contribution is 0.526. The predicted molar refractivity (Wildman–Crippen MR) is 78.2 cm³/mol. The van der Waals surface area contributed by atoms with Crippen LogP contribution in [-0.4, -0.2) is 9.55 Å². The lowest BCUT2D eigenvalue weighted by Gasteiger charge is -2.11. The third kappa shape index (κ3) is 3.13. The summed E-state index contributed by atoms with van der Waals surface area (Å²) in [6.45, 7) is 10.5. The average Bonchev–Trinajstić information content (AvgIpc) is 2.82. The van der Waals surface area contributed by atoms with E-state index in [2.05, 4.69) is 53.3 Å². The van der Waals surface area contributed by atoms with Crippen LogP contribution >= 0.6 is 11.3 Å². The van der Waals surface area contributed by atoms with E-state index < -0.39 is 0 Å². The van der Waals surface area contributed by atoms with Crippen LogP contribution in [0.5, 0.6) is 0 Å². The summed E-state index contributed by atoms with van der Waals surface area (Å²) in [5.74, 6) is 1.61. The Hall–Kier alpha value is -1.29. The van der Waals surface area contributed by atoms with Crippen molar-refractivity contribution in [1.82, 2.24) is 9.55 Å². The van der Waals surface area contributed by atoms with E-state index in [1.54, 1.807) is 11.3 Å². The monoisotopic (exact) mass is 263 g/mol. The molecule has 0 unspecified atom stereocenters. The zero-order chi connectivity index (χ0) is 13.1. The normalized spacial score (nSPS) is 11.2. The minimum absolute atomic E-state index is 0.627. The number of hydrogen-bond donors (Lipinski definition) is 1. The maximum atomic E-state index is 4.55. The Morgan fingerprint density at radius 2 is 2.17 bits per heavy atom. The molecule has 0 fully saturated rings. The van der Waals surface area contributed by atoms with Crippen molar-refractivity contribution >= 4 is 17.3 Å². The van der Waals surface area contributed by atoms with Crippen LogP contribution in [0.1, 0.15) is 30.0 Å². The quantitative estimate of drug-likeness (QED) is 0.888. The van der Waals surface area contributed by atoms with Crippen molar-refractivity contribution in [3.63, 3.8) is 0 Å². The molecule has 0 radical (unpaired) electrons. The third-order valence-electron chi connectivity index (χ3n) is 2.83. The molecule has 2 aromatic rings. The summed E-state index contributed by atoms with van der Waals surface area (Å²) in [6, 6.07) is 2.16. The van der Waals surface area contributed by atoms with Crippen molar-refractivity contribution in [2.45, 2.75) is 40.8 Å². The first-order chi connectivity index (χ1) is 8.56. The number of rotatable bonds is 5. The molecule has 0 aromatic carbocycles. The molecule has 0 aliphatic carbocycles. The van der Waals surface area contributed by atoms with Gasteiger partial charge in [-0.25, -0.2) is 4.98 Å². The van der Waals surface area contributed by atoms with Gasteiger partial charge in [-0.15, -0.1) is 11.3 Å². The minimum Gasteiger partial charge on any atom is -0.351 e. The number of aryl methyl sites for hydroxylation is 2. The van der Waals surface area contributed by atoms with E-state index in [0.717, 1.165) is 24.7 Å². The summed E-state index contributed by atoms with van der Waals surface area (Å²) in [5, 5.41) is 5.58.